The molecular formula is C5H10NY-. The van der Waals surface area contributed by atoms with Crippen LogP contribution in [0, 0.1) is 6.92 Å². The minimum atomic E-state index is 0. The van der Waals surface area contributed by atoms with E-state index in [4.69, 9.17) is 5.73 Å². The van der Waals surface area contributed by atoms with Crippen LogP contribution in [0.15, 0.2) is 12.2 Å². The second kappa shape index (κ2) is 9.84. The number of rotatable bonds is 2. The van der Waals surface area contributed by atoms with Gasteiger partial charge in [0.05, 0.1) is 0 Å². The van der Waals surface area contributed by atoms with Gasteiger partial charge in [-0.15, -0.1) is 0 Å². The average molecular weight is 173 g/mol. The quantitative estimate of drug-likeness (QED) is 0.612. The molecule has 0 aliphatic heterocycles. The molecule has 0 amide bonds. The van der Waals surface area contributed by atoms with Crippen LogP contribution >= 0.6 is 0 Å². The van der Waals surface area contributed by atoms with Crippen molar-refractivity contribution in [3.8, 4) is 0 Å². The van der Waals surface area contributed by atoms with E-state index in [2.05, 4.69) is 6.92 Å². The van der Waals surface area contributed by atoms with Crippen molar-refractivity contribution in [1.29, 1.82) is 0 Å². The van der Waals surface area contributed by atoms with E-state index in [-0.39, 0.29) is 32.7 Å². The maximum atomic E-state index is 5.14. The third-order valence-corrected chi connectivity index (χ3v) is 0.500. The van der Waals surface area contributed by atoms with Crippen molar-refractivity contribution in [1.82, 2.24) is 0 Å². The maximum Gasteiger partial charge on any atom is 0 e. The van der Waals surface area contributed by atoms with Crippen LogP contribution in [0.4, 0.5) is 0 Å². The van der Waals surface area contributed by atoms with Gasteiger partial charge in [-0.05, 0) is 6.54 Å². The van der Waals surface area contributed by atoms with Gasteiger partial charge in [0, 0.05) is 32.7 Å². The van der Waals surface area contributed by atoms with E-state index >= 15 is 0 Å². The largest absolute Gasteiger partial charge is 0.332 e. The molecule has 2 heteroatoms. The third-order valence-electron chi connectivity index (χ3n) is 0.500. The Labute approximate surface area is 70.2 Å². The van der Waals surface area contributed by atoms with Crippen LogP contribution in [0.3, 0.4) is 0 Å². The molecule has 1 nitrogen and oxygen atoms in total. The number of hydrogen-bond donors (Lipinski definition) is 1. The molecule has 0 atom stereocenters. The Morgan fingerprint density at radius 1 is 1.57 bits per heavy atom. The van der Waals surface area contributed by atoms with Gasteiger partial charge in [-0.25, -0.2) is 19.1 Å². The molecule has 0 saturated heterocycles. The number of nitrogens with two attached hydrogens (primary N) is 1. The average Bonchev–Trinajstić information content (AvgIpc) is 1.61. The van der Waals surface area contributed by atoms with Crippen LogP contribution in [0.25, 0.3) is 0 Å². The van der Waals surface area contributed by atoms with Crippen molar-refractivity contribution in [2.45, 2.75) is 6.42 Å². The second-order valence-electron chi connectivity index (χ2n) is 1.05. The minimum absolute atomic E-state index is 0. The summed E-state index contributed by atoms with van der Waals surface area (Å²) in [5, 5.41) is 0. The van der Waals surface area contributed by atoms with Gasteiger partial charge in [0.2, 0.25) is 0 Å². The van der Waals surface area contributed by atoms with Gasteiger partial charge in [0.25, 0.3) is 0 Å². The fourth-order valence-corrected chi connectivity index (χ4v) is 0.214. The van der Waals surface area contributed by atoms with Crippen LogP contribution in [-0.2, 0) is 32.7 Å². The molecule has 0 aromatic heterocycles. The van der Waals surface area contributed by atoms with E-state index in [0.717, 1.165) is 13.0 Å². The number of hydrogen-bond acceptors (Lipinski definition) is 1. The van der Waals surface area contributed by atoms with E-state index < -0.39 is 0 Å². The second-order valence-corrected chi connectivity index (χ2v) is 1.05. The van der Waals surface area contributed by atoms with E-state index in [0.29, 0.717) is 0 Å². The van der Waals surface area contributed by atoms with Crippen LogP contribution in [0.2, 0.25) is 0 Å². The molecule has 0 heterocycles. The summed E-state index contributed by atoms with van der Waals surface area (Å²) in [5.41, 5.74) is 5.14. The first-order valence-corrected chi connectivity index (χ1v) is 2.06. The van der Waals surface area contributed by atoms with E-state index in [1.165, 1.54) is 0 Å². The van der Waals surface area contributed by atoms with Crippen molar-refractivity contribution in [3.05, 3.63) is 19.1 Å². The molecular weight excluding hydrogens is 163 g/mol. The first-order chi connectivity index (χ1) is 2.91. The zero-order valence-corrected chi connectivity index (χ0v) is 7.27. The fourth-order valence-electron chi connectivity index (χ4n) is 0.214. The van der Waals surface area contributed by atoms with Crippen LogP contribution in [0.1, 0.15) is 6.42 Å². The van der Waals surface area contributed by atoms with Gasteiger partial charge in [-0.1, -0.05) is 6.42 Å². The van der Waals surface area contributed by atoms with Gasteiger partial charge in [0.1, 0.15) is 0 Å². The first-order valence-electron chi connectivity index (χ1n) is 2.06. The van der Waals surface area contributed by atoms with Crippen molar-refractivity contribution >= 4 is 0 Å². The molecule has 0 aromatic carbocycles. The standard InChI is InChI=1S/C5H10N.Y/c1-2-3-4-5-6;/h2-3H,1,4-6H2;/q-1;/b3-2+;. The van der Waals surface area contributed by atoms with Gasteiger partial charge < -0.3 is 5.73 Å². The Kier molecular flexibility index (Phi) is 14.9. The van der Waals surface area contributed by atoms with E-state index in [9.17, 15) is 0 Å². The molecule has 0 bridgehead atoms. The van der Waals surface area contributed by atoms with Crippen LogP contribution in [0.5, 0.6) is 0 Å². The van der Waals surface area contributed by atoms with Gasteiger partial charge in [-0.3, -0.25) is 0 Å². The summed E-state index contributed by atoms with van der Waals surface area (Å²) in [6.45, 7) is 4.22. The summed E-state index contributed by atoms with van der Waals surface area (Å²) in [6, 6.07) is 0. The molecule has 1 radical (unpaired) electrons. The molecule has 0 spiro atoms. The third kappa shape index (κ3) is 10.8. The summed E-state index contributed by atoms with van der Waals surface area (Å²) in [6.07, 6.45) is 4.65. The Balaban J connectivity index is 0. The monoisotopic (exact) mass is 173 g/mol. The van der Waals surface area contributed by atoms with Crippen LogP contribution in [-0.4, -0.2) is 6.54 Å². The van der Waals surface area contributed by atoms with Gasteiger partial charge >= 0.3 is 0 Å². The van der Waals surface area contributed by atoms with Gasteiger partial charge in [-0.2, -0.15) is 0 Å². The summed E-state index contributed by atoms with van der Waals surface area (Å²) in [4.78, 5) is 0. The smallest absolute Gasteiger partial charge is 0 e. The topological polar surface area (TPSA) is 26.0 Å². The maximum absolute atomic E-state index is 5.14. The number of allylic oxidation sites excluding steroid dienone is 1. The summed E-state index contributed by atoms with van der Waals surface area (Å²) in [5.74, 6) is 0. The first kappa shape index (κ1) is 10.6. The van der Waals surface area contributed by atoms with Crippen molar-refractivity contribution < 1.29 is 32.7 Å². The molecule has 2 N–H and O–H groups in total. The molecule has 7 heavy (non-hydrogen) atoms. The minimum Gasteiger partial charge on any atom is -0.332 e. The molecule has 0 rings (SSSR count). The Hall–Kier alpha value is 0.674. The van der Waals surface area contributed by atoms with E-state index in [1.54, 1.807) is 6.08 Å². The predicted octanol–water partition coefficient (Wildman–Crippen LogP) is 0.723. The zero-order valence-electron chi connectivity index (χ0n) is 4.43. The Bertz CT molecular complexity index is 43.3. The van der Waals surface area contributed by atoms with Crippen molar-refractivity contribution in [3.63, 3.8) is 0 Å². The molecule has 0 aliphatic carbocycles. The van der Waals surface area contributed by atoms with Crippen molar-refractivity contribution in [2.75, 3.05) is 6.54 Å². The molecule has 0 saturated carbocycles. The molecule has 39 valence electrons. The summed E-state index contributed by atoms with van der Waals surface area (Å²) in [7, 11) is 0. The SMILES string of the molecule is [CH2-]/C=C/CCN.[Y]. The molecule has 0 aromatic rings. The zero-order chi connectivity index (χ0) is 4.83. The normalized spacial score (nSPS) is 8.71. The summed E-state index contributed by atoms with van der Waals surface area (Å²) >= 11 is 0. The van der Waals surface area contributed by atoms with Gasteiger partial charge in [0.15, 0.2) is 0 Å². The fraction of sp³-hybridized carbons (Fsp3) is 0.400. The predicted molar refractivity (Wildman–Crippen MR) is 28.2 cm³/mol. The molecule has 0 aliphatic rings. The Morgan fingerprint density at radius 2 is 2.14 bits per heavy atom. The Morgan fingerprint density at radius 3 is 2.29 bits per heavy atom. The van der Waals surface area contributed by atoms with Crippen LogP contribution < -0.4 is 5.73 Å². The molecule has 0 fully saturated rings. The van der Waals surface area contributed by atoms with E-state index in [1.807, 2.05) is 6.08 Å². The van der Waals surface area contributed by atoms with Crippen molar-refractivity contribution in [2.24, 2.45) is 5.73 Å². The molecule has 0 unspecified atom stereocenters. The summed E-state index contributed by atoms with van der Waals surface area (Å²) < 4.78 is 0.